The van der Waals surface area contributed by atoms with Crippen LogP contribution in [0.15, 0.2) is 47.6 Å². The molecule has 0 unspecified atom stereocenters. The molecule has 1 aromatic carbocycles. The molecule has 1 aromatic heterocycles. The number of pyridine rings is 1. The maximum absolute atomic E-state index is 12.2. The van der Waals surface area contributed by atoms with Crippen molar-refractivity contribution in [1.29, 1.82) is 0 Å². The van der Waals surface area contributed by atoms with E-state index < -0.39 is 18.0 Å². The van der Waals surface area contributed by atoms with Gasteiger partial charge in [-0.2, -0.15) is 0 Å². The van der Waals surface area contributed by atoms with Gasteiger partial charge in [-0.3, -0.25) is 4.79 Å². The van der Waals surface area contributed by atoms with Crippen LogP contribution < -0.4 is 5.32 Å². The summed E-state index contributed by atoms with van der Waals surface area (Å²) >= 11 is 7.20. The Morgan fingerprint density at radius 1 is 1.30 bits per heavy atom. The molecule has 120 valence electrons. The fraction of sp³-hybridized carbons (Fsp3) is 0.188. The van der Waals surface area contributed by atoms with Gasteiger partial charge in [-0.15, -0.1) is 11.8 Å². The van der Waals surface area contributed by atoms with E-state index in [-0.39, 0.29) is 0 Å². The van der Waals surface area contributed by atoms with Gasteiger partial charge < -0.3 is 10.1 Å². The summed E-state index contributed by atoms with van der Waals surface area (Å²) in [6.45, 7) is 1.51. The highest BCUT2D eigenvalue weighted by molar-refractivity contribution is 7.98. The van der Waals surface area contributed by atoms with Crippen LogP contribution >= 0.6 is 23.4 Å². The minimum atomic E-state index is -0.948. The molecule has 0 radical (unpaired) electrons. The van der Waals surface area contributed by atoms with Gasteiger partial charge in [0, 0.05) is 16.9 Å². The predicted octanol–water partition coefficient (Wildman–Crippen LogP) is 3.64. The van der Waals surface area contributed by atoms with Crippen molar-refractivity contribution in [3.8, 4) is 0 Å². The maximum atomic E-state index is 12.2. The lowest BCUT2D eigenvalue weighted by Gasteiger charge is -2.14. The molecule has 5 nitrogen and oxygen atoms in total. The molecule has 1 amide bonds. The fourth-order valence-corrected chi connectivity index (χ4v) is 2.52. The summed E-state index contributed by atoms with van der Waals surface area (Å²) in [5, 5.41) is 3.71. The third-order valence-corrected chi connectivity index (χ3v) is 3.88. The van der Waals surface area contributed by atoms with Gasteiger partial charge in [0.25, 0.3) is 5.91 Å². The first-order chi connectivity index (χ1) is 11.0. The molecule has 0 fully saturated rings. The smallest absolute Gasteiger partial charge is 0.341 e. The van der Waals surface area contributed by atoms with Crippen LogP contribution in [0.5, 0.6) is 0 Å². The lowest BCUT2D eigenvalue weighted by Crippen LogP contribution is -2.30. The van der Waals surface area contributed by atoms with Crippen LogP contribution in [-0.2, 0) is 9.53 Å². The number of amides is 1. The van der Waals surface area contributed by atoms with Crippen LogP contribution in [0.25, 0.3) is 0 Å². The highest BCUT2D eigenvalue weighted by atomic mass is 35.5. The van der Waals surface area contributed by atoms with Crippen molar-refractivity contribution in [1.82, 2.24) is 4.98 Å². The molecule has 2 rings (SSSR count). The van der Waals surface area contributed by atoms with Crippen LogP contribution in [0, 0.1) is 0 Å². The van der Waals surface area contributed by atoms with Crippen LogP contribution in [-0.4, -0.2) is 29.2 Å². The summed E-state index contributed by atoms with van der Waals surface area (Å²) < 4.78 is 5.21. The van der Waals surface area contributed by atoms with Crippen molar-refractivity contribution >= 4 is 40.9 Å². The van der Waals surface area contributed by atoms with E-state index in [4.69, 9.17) is 16.3 Å². The average Bonchev–Trinajstić information content (AvgIpc) is 2.54. The number of carbonyl (C=O) groups is 2. The van der Waals surface area contributed by atoms with E-state index in [9.17, 15) is 9.59 Å². The maximum Gasteiger partial charge on any atom is 0.341 e. The number of esters is 1. The lowest BCUT2D eigenvalue weighted by atomic mass is 10.2. The van der Waals surface area contributed by atoms with Gasteiger partial charge >= 0.3 is 5.97 Å². The van der Waals surface area contributed by atoms with E-state index in [0.717, 1.165) is 0 Å². The summed E-state index contributed by atoms with van der Waals surface area (Å²) in [6.07, 6.45) is 2.46. The number of aromatic nitrogens is 1. The first-order valence-corrected chi connectivity index (χ1v) is 8.38. The van der Waals surface area contributed by atoms with Crippen molar-refractivity contribution in [3.05, 3.63) is 53.2 Å². The molecule has 23 heavy (non-hydrogen) atoms. The van der Waals surface area contributed by atoms with Gasteiger partial charge in [-0.05, 0) is 43.5 Å². The number of carbonyl (C=O) groups excluding carboxylic acids is 2. The minimum Gasteiger partial charge on any atom is -0.449 e. The second kappa shape index (κ2) is 7.99. The number of hydrogen-bond acceptors (Lipinski definition) is 5. The molecule has 2 aromatic rings. The van der Waals surface area contributed by atoms with E-state index in [2.05, 4.69) is 10.3 Å². The highest BCUT2D eigenvalue weighted by Gasteiger charge is 2.21. The normalized spacial score (nSPS) is 11.6. The minimum absolute atomic E-state index is 0.336. The zero-order chi connectivity index (χ0) is 16.8. The first-order valence-electron chi connectivity index (χ1n) is 6.77. The highest BCUT2D eigenvalue weighted by Crippen LogP contribution is 2.19. The lowest BCUT2D eigenvalue weighted by molar-refractivity contribution is -0.123. The Balaban J connectivity index is 2.01. The van der Waals surface area contributed by atoms with Crippen molar-refractivity contribution in [2.75, 3.05) is 11.6 Å². The Morgan fingerprint density at radius 3 is 2.78 bits per heavy atom. The SMILES string of the molecule is CSc1ncccc1C(=O)O[C@H](C)C(=O)Nc1cccc(Cl)c1. The zero-order valence-electron chi connectivity index (χ0n) is 12.6. The molecule has 1 heterocycles. The van der Waals surface area contributed by atoms with Crippen molar-refractivity contribution in [2.45, 2.75) is 18.1 Å². The zero-order valence-corrected chi connectivity index (χ0v) is 14.1. The Kier molecular flexibility index (Phi) is 6.01. The fourth-order valence-electron chi connectivity index (χ4n) is 1.80. The third-order valence-electron chi connectivity index (χ3n) is 2.93. The summed E-state index contributed by atoms with van der Waals surface area (Å²) in [4.78, 5) is 28.4. The van der Waals surface area contributed by atoms with Crippen molar-refractivity contribution < 1.29 is 14.3 Å². The second-order valence-corrected chi connectivity index (χ2v) is 5.84. The number of anilines is 1. The number of benzene rings is 1. The second-order valence-electron chi connectivity index (χ2n) is 4.61. The van der Waals surface area contributed by atoms with Gasteiger partial charge in [-0.25, -0.2) is 9.78 Å². The molecule has 1 N–H and O–H groups in total. The summed E-state index contributed by atoms with van der Waals surface area (Å²) in [6, 6.07) is 9.99. The van der Waals surface area contributed by atoms with Gasteiger partial charge in [0.2, 0.25) is 0 Å². The van der Waals surface area contributed by atoms with Crippen LogP contribution in [0.1, 0.15) is 17.3 Å². The Morgan fingerprint density at radius 2 is 2.09 bits per heavy atom. The summed E-state index contributed by atoms with van der Waals surface area (Å²) in [5.41, 5.74) is 0.874. The molecule has 1 atom stereocenters. The average molecular weight is 351 g/mol. The number of nitrogens with one attached hydrogen (secondary N) is 1. The molecular formula is C16H15ClN2O3S. The van der Waals surface area contributed by atoms with Crippen molar-refractivity contribution in [3.63, 3.8) is 0 Å². The van der Waals surface area contributed by atoms with E-state index >= 15 is 0 Å². The van der Waals surface area contributed by atoms with Crippen LogP contribution in [0.4, 0.5) is 5.69 Å². The molecule has 0 saturated carbocycles. The molecule has 0 aliphatic carbocycles. The third kappa shape index (κ3) is 4.71. The molecule has 0 spiro atoms. The topological polar surface area (TPSA) is 68.3 Å². The molecule has 7 heteroatoms. The number of hydrogen-bond donors (Lipinski definition) is 1. The molecule has 0 saturated heterocycles. The van der Waals surface area contributed by atoms with E-state index in [1.807, 2.05) is 6.26 Å². The summed E-state index contributed by atoms with van der Waals surface area (Å²) in [7, 11) is 0. The van der Waals surface area contributed by atoms with Crippen LogP contribution in [0.3, 0.4) is 0 Å². The Labute approximate surface area is 143 Å². The first kappa shape index (κ1) is 17.3. The monoisotopic (exact) mass is 350 g/mol. The van der Waals surface area contributed by atoms with Crippen molar-refractivity contribution in [2.24, 2.45) is 0 Å². The number of ether oxygens (including phenoxy) is 1. The molecule has 0 aliphatic heterocycles. The van der Waals surface area contributed by atoms with Gasteiger partial charge in [0.05, 0.1) is 5.56 Å². The molecule has 0 aliphatic rings. The predicted molar refractivity (Wildman–Crippen MR) is 91.0 cm³/mol. The van der Waals surface area contributed by atoms with E-state index in [1.54, 1.807) is 42.6 Å². The Hall–Kier alpha value is -2.05. The number of nitrogens with zero attached hydrogens (tertiary/aromatic N) is 1. The van der Waals surface area contributed by atoms with E-state index in [0.29, 0.717) is 21.3 Å². The largest absolute Gasteiger partial charge is 0.449 e. The number of thioether (sulfide) groups is 1. The number of rotatable bonds is 5. The van der Waals surface area contributed by atoms with E-state index in [1.165, 1.54) is 18.7 Å². The molecular weight excluding hydrogens is 336 g/mol. The molecule has 0 bridgehead atoms. The quantitative estimate of drug-likeness (QED) is 0.658. The van der Waals surface area contributed by atoms with Gasteiger partial charge in [0.1, 0.15) is 5.03 Å². The number of halogens is 1. The van der Waals surface area contributed by atoms with Crippen LogP contribution in [0.2, 0.25) is 5.02 Å². The Bertz CT molecular complexity index is 724. The van der Waals surface area contributed by atoms with Gasteiger partial charge in [-0.1, -0.05) is 17.7 Å². The van der Waals surface area contributed by atoms with Gasteiger partial charge in [0.15, 0.2) is 6.10 Å². The standard InChI is InChI=1S/C16H15ClN2O3S/c1-10(14(20)19-12-6-3-5-11(17)9-12)22-16(21)13-7-4-8-18-15(13)23-2/h3-10H,1-2H3,(H,19,20)/t10-/m1/s1. The summed E-state index contributed by atoms with van der Waals surface area (Å²) in [5.74, 6) is -1.02.